The molecule has 4 nitrogen and oxygen atoms in total. The summed E-state index contributed by atoms with van der Waals surface area (Å²) in [6.07, 6.45) is 23.3. The van der Waals surface area contributed by atoms with Gasteiger partial charge < -0.3 is 15.4 Å². The molecule has 4 heteroatoms. The van der Waals surface area contributed by atoms with Gasteiger partial charge in [0.15, 0.2) is 0 Å². The van der Waals surface area contributed by atoms with E-state index in [1.165, 1.54) is 103 Å². The van der Waals surface area contributed by atoms with E-state index in [1.807, 2.05) is 0 Å². The molecule has 0 saturated heterocycles. The van der Waals surface area contributed by atoms with Gasteiger partial charge in [-0.2, -0.15) is 0 Å². The largest absolute Gasteiger partial charge is 0.381 e. The minimum atomic E-state index is 0.0558. The van der Waals surface area contributed by atoms with Gasteiger partial charge in [0.1, 0.15) is 0 Å². The first-order valence-corrected chi connectivity index (χ1v) is 12.3. The Balaban J connectivity index is 3.02. The molecule has 1 amide bonds. The Morgan fingerprint density at radius 2 is 1.07 bits per heavy atom. The van der Waals surface area contributed by atoms with E-state index >= 15 is 0 Å². The molecular weight excluding hydrogens is 348 g/mol. The van der Waals surface area contributed by atoms with Crippen molar-refractivity contribution >= 4 is 5.91 Å². The van der Waals surface area contributed by atoms with Crippen molar-refractivity contribution in [3.63, 3.8) is 0 Å². The number of hydrogen-bond donors (Lipinski definition) is 2. The Hall–Kier alpha value is -0.610. The van der Waals surface area contributed by atoms with Crippen molar-refractivity contribution in [2.45, 2.75) is 116 Å². The molecule has 0 aliphatic heterocycles. The predicted molar refractivity (Wildman–Crippen MR) is 122 cm³/mol. The summed E-state index contributed by atoms with van der Waals surface area (Å²) in [6, 6.07) is 0. The number of hydrogen-bond acceptors (Lipinski definition) is 3. The molecule has 0 radical (unpaired) electrons. The average Bonchev–Trinajstić information content (AvgIpc) is 2.69. The van der Waals surface area contributed by atoms with Gasteiger partial charge in [-0.15, -0.1) is 0 Å². The van der Waals surface area contributed by atoms with Crippen molar-refractivity contribution in [1.82, 2.24) is 10.6 Å². The SMILES string of the molecule is CCCCCCCCCCCCCCCCCCOCCCNC(=O)CNC. The molecule has 0 aliphatic rings. The highest BCUT2D eigenvalue weighted by molar-refractivity contribution is 5.77. The van der Waals surface area contributed by atoms with Crippen LogP contribution in [0.2, 0.25) is 0 Å². The highest BCUT2D eigenvalue weighted by Crippen LogP contribution is 2.13. The molecule has 0 fully saturated rings. The minimum absolute atomic E-state index is 0.0558. The zero-order valence-electron chi connectivity index (χ0n) is 19.2. The Morgan fingerprint density at radius 3 is 1.54 bits per heavy atom. The highest BCUT2D eigenvalue weighted by atomic mass is 16.5. The van der Waals surface area contributed by atoms with E-state index in [0.29, 0.717) is 13.1 Å². The Bertz CT molecular complexity index is 311. The molecule has 0 bridgehead atoms. The summed E-state index contributed by atoms with van der Waals surface area (Å²) < 4.78 is 5.63. The van der Waals surface area contributed by atoms with Gasteiger partial charge in [0.2, 0.25) is 5.91 Å². The lowest BCUT2D eigenvalue weighted by Gasteiger charge is -2.06. The topological polar surface area (TPSA) is 50.4 Å². The maximum atomic E-state index is 11.2. The van der Waals surface area contributed by atoms with E-state index in [0.717, 1.165) is 19.6 Å². The molecule has 0 spiro atoms. The van der Waals surface area contributed by atoms with Crippen LogP contribution in [0.1, 0.15) is 116 Å². The smallest absolute Gasteiger partial charge is 0.233 e. The van der Waals surface area contributed by atoms with Crippen LogP contribution >= 0.6 is 0 Å². The van der Waals surface area contributed by atoms with Gasteiger partial charge in [0.05, 0.1) is 6.54 Å². The van der Waals surface area contributed by atoms with Gasteiger partial charge in [0.25, 0.3) is 0 Å². The lowest BCUT2D eigenvalue weighted by Crippen LogP contribution is -2.33. The summed E-state index contributed by atoms with van der Waals surface area (Å²) in [4.78, 5) is 11.2. The molecule has 0 rings (SSSR count). The van der Waals surface area contributed by atoms with Gasteiger partial charge in [-0.25, -0.2) is 0 Å². The van der Waals surface area contributed by atoms with Crippen LogP contribution < -0.4 is 10.6 Å². The molecule has 0 saturated carbocycles. The monoisotopic (exact) mass is 398 g/mol. The van der Waals surface area contributed by atoms with Crippen LogP contribution in [0.15, 0.2) is 0 Å². The molecule has 2 N–H and O–H groups in total. The third-order valence-electron chi connectivity index (χ3n) is 5.27. The van der Waals surface area contributed by atoms with Gasteiger partial charge in [-0.3, -0.25) is 4.79 Å². The fourth-order valence-corrected chi connectivity index (χ4v) is 3.48. The average molecular weight is 399 g/mol. The van der Waals surface area contributed by atoms with Crippen LogP contribution in [0.25, 0.3) is 0 Å². The number of likely N-dealkylation sites (N-methyl/N-ethyl adjacent to an activating group) is 1. The van der Waals surface area contributed by atoms with Crippen LogP contribution in [-0.4, -0.2) is 39.3 Å². The molecule has 0 aromatic heterocycles. The fraction of sp³-hybridized carbons (Fsp3) is 0.958. The molecule has 0 aromatic carbocycles. The highest BCUT2D eigenvalue weighted by Gasteiger charge is 1.98. The molecular formula is C24H50N2O2. The summed E-state index contributed by atoms with van der Waals surface area (Å²) >= 11 is 0. The van der Waals surface area contributed by atoms with Crippen molar-refractivity contribution in [2.24, 2.45) is 0 Å². The quantitative estimate of drug-likeness (QED) is 0.208. The number of ether oxygens (including phenoxy) is 1. The van der Waals surface area contributed by atoms with Crippen LogP contribution in [0.4, 0.5) is 0 Å². The lowest BCUT2D eigenvalue weighted by molar-refractivity contribution is -0.120. The number of unbranched alkanes of at least 4 members (excludes halogenated alkanes) is 15. The van der Waals surface area contributed by atoms with E-state index in [4.69, 9.17) is 4.74 Å². The molecule has 0 aliphatic carbocycles. The van der Waals surface area contributed by atoms with Crippen LogP contribution in [-0.2, 0) is 9.53 Å². The fourth-order valence-electron chi connectivity index (χ4n) is 3.48. The van der Waals surface area contributed by atoms with E-state index in [2.05, 4.69) is 17.6 Å². The first-order valence-electron chi connectivity index (χ1n) is 12.3. The van der Waals surface area contributed by atoms with Crippen LogP contribution in [0.3, 0.4) is 0 Å². The first kappa shape index (κ1) is 27.4. The third kappa shape index (κ3) is 23.4. The molecule has 0 heterocycles. The van der Waals surface area contributed by atoms with Gasteiger partial charge in [-0.05, 0) is 19.9 Å². The Kier molecular flexibility index (Phi) is 23.9. The van der Waals surface area contributed by atoms with E-state index in [-0.39, 0.29) is 5.91 Å². The van der Waals surface area contributed by atoms with Crippen LogP contribution in [0.5, 0.6) is 0 Å². The molecule has 0 aromatic rings. The predicted octanol–water partition coefficient (Wildman–Crippen LogP) is 5.99. The molecule has 0 unspecified atom stereocenters. The zero-order chi connectivity index (χ0) is 20.5. The van der Waals surface area contributed by atoms with Crippen molar-refractivity contribution in [1.29, 1.82) is 0 Å². The molecule has 28 heavy (non-hydrogen) atoms. The second-order valence-corrected chi connectivity index (χ2v) is 8.15. The summed E-state index contributed by atoms with van der Waals surface area (Å²) in [7, 11) is 1.78. The summed E-state index contributed by atoms with van der Waals surface area (Å²) in [5.41, 5.74) is 0. The molecule has 0 atom stereocenters. The Labute approximate surface area is 176 Å². The van der Waals surface area contributed by atoms with E-state index in [9.17, 15) is 4.79 Å². The van der Waals surface area contributed by atoms with Crippen molar-refractivity contribution in [2.75, 3.05) is 33.4 Å². The lowest BCUT2D eigenvalue weighted by atomic mass is 10.0. The van der Waals surface area contributed by atoms with Crippen LogP contribution in [0, 0.1) is 0 Å². The van der Waals surface area contributed by atoms with Crippen molar-refractivity contribution in [3.05, 3.63) is 0 Å². The number of carbonyl (C=O) groups is 1. The normalized spacial score (nSPS) is 11.1. The number of amides is 1. The third-order valence-corrected chi connectivity index (χ3v) is 5.27. The van der Waals surface area contributed by atoms with Gasteiger partial charge >= 0.3 is 0 Å². The standard InChI is InChI=1S/C24H50N2O2/c1-3-4-5-6-7-8-9-10-11-12-13-14-15-16-17-18-21-28-22-19-20-26-24(27)23-25-2/h25H,3-23H2,1-2H3,(H,26,27). The second-order valence-electron chi connectivity index (χ2n) is 8.15. The zero-order valence-corrected chi connectivity index (χ0v) is 19.2. The number of nitrogens with one attached hydrogen (secondary N) is 2. The van der Waals surface area contributed by atoms with Crippen molar-refractivity contribution in [3.8, 4) is 0 Å². The maximum Gasteiger partial charge on any atom is 0.233 e. The molecule has 168 valence electrons. The summed E-state index contributed by atoms with van der Waals surface area (Å²) in [5, 5.41) is 5.70. The summed E-state index contributed by atoms with van der Waals surface area (Å²) in [5.74, 6) is 0.0558. The van der Waals surface area contributed by atoms with Gasteiger partial charge in [-0.1, -0.05) is 103 Å². The second kappa shape index (κ2) is 24.4. The number of rotatable bonds is 23. The maximum absolute atomic E-state index is 11.2. The minimum Gasteiger partial charge on any atom is -0.381 e. The Morgan fingerprint density at radius 1 is 0.643 bits per heavy atom. The van der Waals surface area contributed by atoms with Gasteiger partial charge in [0, 0.05) is 19.8 Å². The van der Waals surface area contributed by atoms with E-state index < -0.39 is 0 Å². The van der Waals surface area contributed by atoms with Crippen molar-refractivity contribution < 1.29 is 9.53 Å². The number of carbonyl (C=O) groups excluding carboxylic acids is 1. The first-order chi connectivity index (χ1) is 13.8. The van der Waals surface area contributed by atoms with E-state index in [1.54, 1.807) is 7.05 Å². The summed E-state index contributed by atoms with van der Waals surface area (Å²) in [6.45, 7) is 5.00.